The largest absolute Gasteiger partial charge is 0.478 e. The van der Waals surface area contributed by atoms with Gasteiger partial charge in [-0.15, -0.1) is 0 Å². The highest BCUT2D eigenvalue weighted by molar-refractivity contribution is 6.34. The zero-order valence-corrected chi connectivity index (χ0v) is 17.4. The van der Waals surface area contributed by atoms with E-state index in [2.05, 4.69) is 5.32 Å². The van der Waals surface area contributed by atoms with Crippen molar-refractivity contribution in [2.75, 3.05) is 5.32 Å². The molecule has 6 heteroatoms. The minimum absolute atomic E-state index is 0.0985. The maximum atomic E-state index is 13.0. The molecule has 3 rings (SSSR count). The minimum atomic E-state index is -1.06. The van der Waals surface area contributed by atoms with Crippen LogP contribution in [-0.4, -0.2) is 17.0 Å². The number of hydrogen-bond donors (Lipinski definition) is 2. The number of hydrogen-bond acceptors (Lipinski definition) is 2. The van der Waals surface area contributed by atoms with Gasteiger partial charge in [-0.3, -0.25) is 4.79 Å². The Labute approximate surface area is 179 Å². The Morgan fingerprint density at radius 2 is 1.66 bits per heavy atom. The fourth-order valence-electron chi connectivity index (χ4n) is 3.04. The van der Waals surface area contributed by atoms with Crippen molar-refractivity contribution in [3.05, 3.63) is 87.4 Å². The van der Waals surface area contributed by atoms with Gasteiger partial charge in [0.05, 0.1) is 16.1 Å². The van der Waals surface area contributed by atoms with Gasteiger partial charge in [-0.1, -0.05) is 61.3 Å². The summed E-state index contributed by atoms with van der Waals surface area (Å²) < 4.78 is 0. The molecule has 29 heavy (non-hydrogen) atoms. The van der Waals surface area contributed by atoms with Gasteiger partial charge in [-0.2, -0.15) is 0 Å². The van der Waals surface area contributed by atoms with Gasteiger partial charge in [0.25, 0.3) is 5.91 Å². The Hall–Kier alpha value is -2.82. The predicted molar refractivity (Wildman–Crippen MR) is 117 cm³/mol. The summed E-state index contributed by atoms with van der Waals surface area (Å²) in [4.78, 5) is 24.3. The molecule has 0 aliphatic heterocycles. The number of aromatic carboxylic acids is 1. The van der Waals surface area contributed by atoms with Crippen LogP contribution < -0.4 is 5.32 Å². The van der Waals surface area contributed by atoms with Crippen LogP contribution in [0.15, 0.2) is 60.7 Å². The molecular weight excluding hydrogens is 409 g/mol. The fourth-order valence-corrected chi connectivity index (χ4v) is 3.43. The highest BCUT2D eigenvalue weighted by Crippen LogP contribution is 2.30. The number of carboxylic acids is 1. The zero-order valence-electron chi connectivity index (χ0n) is 15.9. The van der Waals surface area contributed by atoms with Crippen molar-refractivity contribution in [3.63, 3.8) is 0 Å². The van der Waals surface area contributed by atoms with Crippen molar-refractivity contribution in [2.45, 2.75) is 19.8 Å². The van der Waals surface area contributed by atoms with Crippen LogP contribution in [-0.2, 0) is 0 Å². The highest BCUT2D eigenvalue weighted by Gasteiger charge is 2.17. The van der Waals surface area contributed by atoms with Gasteiger partial charge >= 0.3 is 5.97 Å². The van der Waals surface area contributed by atoms with E-state index in [4.69, 9.17) is 23.2 Å². The van der Waals surface area contributed by atoms with E-state index in [1.807, 2.05) is 32.0 Å². The maximum Gasteiger partial charge on any atom is 0.335 e. The van der Waals surface area contributed by atoms with Gasteiger partial charge in [-0.05, 0) is 59.0 Å². The molecular formula is C23H19Cl2NO3. The third-order valence-electron chi connectivity index (χ3n) is 4.54. The molecule has 0 atom stereocenters. The summed E-state index contributed by atoms with van der Waals surface area (Å²) in [5.74, 6) is -1.37. The molecule has 0 fully saturated rings. The van der Waals surface area contributed by atoms with Crippen LogP contribution in [0.3, 0.4) is 0 Å². The lowest BCUT2D eigenvalue weighted by molar-refractivity contribution is 0.0696. The van der Waals surface area contributed by atoms with Crippen LogP contribution in [0.4, 0.5) is 5.69 Å². The molecule has 3 aromatic carbocycles. The van der Waals surface area contributed by atoms with Crippen LogP contribution in [0, 0.1) is 0 Å². The predicted octanol–water partition coefficient (Wildman–Crippen LogP) is 6.73. The number of rotatable bonds is 5. The van der Waals surface area contributed by atoms with E-state index in [1.54, 1.807) is 30.3 Å². The lowest BCUT2D eigenvalue weighted by Gasteiger charge is -2.15. The zero-order chi connectivity index (χ0) is 21.1. The van der Waals surface area contributed by atoms with E-state index in [9.17, 15) is 14.7 Å². The molecule has 0 saturated heterocycles. The smallest absolute Gasteiger partial charge is 0.335 e. The Kier molecular flexibility index (Phi) is 6.26. The van der Waals surface area contributed by atoms with Crippen LogP contribution in [0.25, 0.3) is 11.1 Å². The third kappa shape index (κ3) is 4.78. The summed E-state index contributed by atoms with van der Waals surface area (Å²) in [5, 5.41) is 13.0. The number of amides is 1. The van der Waals surface area contributed by atoms with Gasteiger partial charge in [0.1, 0.15) is 0 Å². The van der Waals surface area contributed by atoms with Gasteiger partial charge < -0.3 is 10.4 Å². The third-order valence-corrected chi connectivity index (χ3v) is 5.10. The van der Waals surface area contributed by atoms with E-state index in [0.29, 0.717) is 21.3 Å². The van der Waals surface area contributed by atoms with Crippen LogP contribution in [0.5, 0.6) is 0 Å². The van der Waals surface area contributed by atoms with E-state index >= 15 is 0 Å². The number of anilines is 1. The molecule has 0 aliphatic carbocycles. The first-order valence-corrected chi connectivity index (χ1v) is 9.76. The first kappa shape index (κ1) is 20.9. The fraction of sp³-hybridized carbons (Fsp3) is 0.130. The molecule has 0 aromatic heterocycles. The van der Waals surface area contributed by atoms with E-state index in [0.717, 1.165) is 16.7 Å². The van der Waals surface area contributed by atoms with Crippen molar-refractivity contribution < 1.29 is 14.7 Å². The summed E-state index contributed by atoms with van der Waals surface area (Å²) in [6, 6.07) is 17.2. The standard InChI is InChI=1S/C23H19Cl2NO3/c1-13(2)18-8-6-16(23(28)29)12-21(18)26-22(27)19-11-15(7-9-20(19)25)14-4-3-5-17(24)10-14/h3-13H,1-2H3,(H,26,27)(H,28,29). The Morgan fingerprint density at radius 3 is 2.31 bits per heavy atom. The second kappa shape index (κ2) is 8.68. The van der Waals surface area contributed by atoms with Crippen LogP contribution in [0.1, 0.15) is 46.0 Å². The Balaban J connectivity index is 1.98. The van der Waals surface area contributed by atoms with E-state index in [-0.39, 0.29) is 11.5 Å². The second-order valence-corrected chi connectivity index (χ2v) is 7.76. The lowest BCUT2D eigenvalue weighted by atomic mass is 9.98. The Morgan fingerprint density at radius 1 is 0.931 bits per heavy atom. The molecule has 148 valence electrons. The molecule has 3 aromatic rings. The van der Waals surface area contributed by atoms with E-state index in [1.165, 1.54) is 12.1 Å². The van der Waals surface area contributed by atoms with Crippen molar-refractivity contribution in [1.29, 1.82) is 0 Å². The number of benzene rings is 3. The summed E-state index contributed by atoms with van der Waals surface area (Å²) >= 11 is 12.3. The summed E-state index contributed by atoms with van der Waals surface area (Å²) in [6.07, 6.45) is 0. The topological polar surface area (TPSA) is 66.4 Å². The molecule has 0 heterocycles. The number of halogens is 2. The molecule has 0 unspecified atom stereocenters. The normalized spacial score (nSPS) is 10.8. The van der Waals surface area contributed by atoms with Crippen molar-refractivity contribution in [3.8, 4) is 11.1 Å². The van der Waals surface area contributed by atoms with Crippen LogP contribution in [0.2, 0.25) is 10.0 Å². The molecule has 2 N–H and O–H groups in total. The Bertz CT molecular complexity index is 1090. The molecule has 0 spiro atoms. The molecule has 0 aliphatic rings. The minimum Gasteiger partial charge on any atom is -0.478 e. The average Bonchev–Trinajstić information content (AvgIpc) is 2.68. The van der Waals surface area contributed by atoms with Gasteiger partial charge in [0.2, 0.25) is 0 Å². The first-order valence-electron chi connectivity index (χ1n) is 9.00. The monoisotopic (exact) mass is 427 g/mol. The van der Waals surface area contributed by atoms with Gasteiger partial charge in [0.15, 0.2) is 0 Å². The molecule has 0 saturated carbocycles. The molecule has 1 amide bonds. The number of carbonyl (C=O) groups excluding carboxylic acids is 1. The van der Waals surface area contributed by atoms with Gasteiger partial charge in [0, 0.05) is 10.7 Å². The number of carboxylic acid groups (broad SMARTS) is 1. The van der Waals surface area contributed by atoms with Crippen molar-refractivity contribution in [1.82, 2.24) is 0 Å². The highest BCUT2D eigenvalue weighted by atomic mass is 35.5. The summed E-state index contributed by atoms with van der Waals surface area (Å²) in [7, 11) is 0. The number of carbonyl (C=O) groups is 2. The maximum absolute atomic E-state index is 13.0. The van der Waals surface area contributed by atoms with Crippen LogP contribution >= 0.6 is 23.2 Å². The SMILES string of the molecule is CC(C)c1ccc(C(=O)O)cc1NC(=O)c1cc(-c2cccc(Cl)c2)ccc1Cl. The lowest BCUT2D eigenvalue weighted by Crippen LogP contribution is -2.15. The average molecular weight is 428 g/mol. The van der Waals surface area contributed by atoms with Crippen molar-refractivity contribution in [2.24, 2.45) is 0 Å². The molecule has 4 nitrogen and oxygen atoms in total. The summed E-state index contributed by atoms with van der Waals surface area (Å²) in [5.41, 5.74) is 3.34. The first-order chi connectivity index (χ1) is 13.8. The summed E-state index contributed by atoms with van der Waals surface area (Å²) in [6.45, 7) is 3.94. The molecule has 0 radical (unpaired) electrons. The quantitative estimate of drug-likeness (QED) is 0.473. The number of nitrogens with one attached hydrogen (secondary N) is 1. The second-order valence-electron chi connectivity index (χ2n) is 6.92. The van der Waals surface area contributed by atoms with Gasteiger partial charge in [-0.25, -0.2) is 4.79 Å². The van der Waals surface area contributed by atoms with Crippen molar-refractivity contribution >= 4 is 40.8 Å². The van der Waals surface area contributed by atoms with E-state index < -0.39 is 11.9 Å². The molecule has 0 bridgehead atoms.